The molecule has 2 amide bonds. The zero-order valence-corrected chi connectivity index (χ0v) is 19.0. The zero-order valence-electron chi connectivity index (χ0n) is 18.2. The smallest absolute Gasteiger partial charge is 0.251 e. The monoisotopic (exact) mass is 447 g/mol. The third-order valence-corrected chi connectivity index (χ3v) is 6.92. The Bertz CT molecular complexity index is 1000. The number of amides is 2. The van der Waals surface area contributed by atoms with Gasteiger partial charge in [-0.1, -0.05) is 32.0 Å². The predicted molar refractivity (Wildman–Crippen MR) is 118 cm³/mol. The Kier molecular flexibility index (Phi) is 8.58. The van der Waals surface area contributed by atoms with E-state index in [9.17, 15) is 18.0 Å². The first-order valence-electron chi connectivity index (χ1n) is 10.0. The number of carbonyl (C=O) groups is 2. The Balaban J connectivity index is 1.96. The van der Waals surface area contributed by atoms with Gasteiger partial charge in [0.25, 0.3) is 5.91 Å². The summed E-state index contributed by atoms with van der Waals surface area (Å²) >= 11 is 0. The highest BCUT2D eigenvalue weighted by Crippen LogP contribution is 2.24. The molecule has 0 unspecified atom stereocenters. The van der Waals surface area contributed by atoms with Crippen molar-refractivity contribution in [2.24, 2.45) is 0 Å². The molecule has 0 fully saturated rings. The van der Waals surface area contributed by atoms with E-state index in [1.54, 1.807) is 21.0 Å². The molecular formula is C22H29N3O5S. The van der Waals surface area contributed by atoms with Crippen LogP contribution >= 0.6 is 0 Å². The first-order chi connectivity index (χ1) is 14.7. The lowest BCUT2D eigenvalue weighted by molar-refractivity contribution is -0.120. The van der Waals surface area contributed by atoms with Gasteiger partial charge >= 0.3 is 0 Å². The molecule has 2 aromatic carbocycles. The molecule has 0 aliphatic carbocycles. The molecule has 0 spiro atoms. The van der Waals surface area contributed by atoms with Gasteiger partial charge < -0.3 is 15.4 Å². The van der Waals surface area contributed by atoms with Crippen LogP contribution < -0.4 is 15.4 Å². The molecular weight excluding hydrogens is 418 g/mol. The second-order valence-electron chi connectivity index (χ2n) is 6.83. The normalized spacial score (nSPS) is 12.3. The van der Waals surface area contributed by atoms with Gasteiger partial charge in [-0.2, -0.15) is 4.31 Å². The fourth-order valence-electron chi connectivity index (χ4n) is 3.15. The Morgan fingerprint density at radius 1 is 1.03 bits per heavy atom. The number of nitrogens with one attached hydrogen (secondary N) is 2. The van der Waals surface area contributed by atoms with Crippen molar-refractivity contribution >= 4 is 21.8 Å². The summed E-state index contributed by atoms with van der Waals surface area (Å²) < 4.78 is 31.7. The molecule has 1 atom stereocenters. The lowest BCUT2D eigenvalue weighted by Gasteiger charge is -2.18. The first kappa shape index (κ1) is 24.4. The van der Waals surface area contributed by atoms with Crippen molar-refractivity contribution in [2.75, 3.05) is 26.7 Å². The van der Waals surface area contributed by atoms with Gasteiger partial charge in [-0.3, -0.25) is 9.59 Å². The molecule has 9 heteroatoms. The van der Waals surface area contributed by atoms with E-state index in [0.717, 1.165) is 5.56 Å². The molecule has 168 valence electrons. The fourth-order valence-corrected chi connectivity index (χ4v) is 4.61. The van der Waals surface area contributed by atoms with Crippen LogP contribution in [0, 0.1) is 0 Å². The summed E-state index contributed by atoms with van der Waals surface area (Å²) in [5, 5.41) is 5.36. The number of para-hydroxylation sites is 1. The number of carbonyl (C=O) groups excluding carboxylic acids is 2. The van der Waals surface area contributed by atoms with Crippen molar-refractivity contribution in [1.29, 1.82) is 0 Å². The maximum Gasteiger partial charge on any atom is 0.251 e. The summed E-state index contributed by atoms with van der Waals surface area (Å²) in [5.74, 6) is -0.154. The van der Waals surface area contributed by atoms with Gasteiger partial charge in [0.1, 0.15) is 5.75 Å². The maximum atomic E-state index is 12.5. The minimum Gasteiger partial charge on any atom is -0.496 e. The second-order valence-corrected chi connectivity index (χ2v) is 8.77. The molecule has 0 saturated carbocycles. The third kappa shape index (κ3) is 6.05. The van der Waals surface area contributed by atoms with E-state index in [1.807, 2.05) is 31.2 Å². The molecule has 0 bridgehead atoms. The van der Waals surface area contributed by atoms with E-state index in [4.69, 9.17) is 4.74 Å². The third-order valence-electron chi connectivity index (χ3n) is 4.85. The standard InChI is InChI=1S/C22H29N3O5S/c1-5-25(6-2)31(28,29)18-13-11-17(12-14-18)22(27)23-15-21(26)24-16(3)19-9-7-8-10-20(19)30-4/h7-14,16H,5-6,15H2,1-4H3,(H,23,27)(H,24,26)/t16-/m1/s1. The van der Waals surface area contributed by atoms with Crippen molar-refractivity contribution in [3.63, 3.8) is 0 Å². The Labute approximate surface area is 183 Å². The number of rotatable bonds is 10. The number of benzene rings is 2. The highest BCUT2D eigenvalue weighted by atomic mass is 32.2. The van der Waals surface area contributed by atoms with E-state index < -0.39 is 15.9 Å². The van der Waals surface area contributed by atoms with Crippen LogP contribution in [-0.2, 0) is 14.8 Å². The van der Waals surface area contributed by atoms with Crippen LogP contribution in [0.2, 0.25) is 0 Å². The predicted octanol–water partition coefficient (Wildman–Crippen LogP) is 2.33. The minimum atomic E-state index is -3.59. The van der Waals surface area contributed by atoms with Crippen LogP contribution in [0.1, 0.15) is 42.7 Å². The molecule has 31 heavy (non-hydrogen) atoms. The molecule has 0 heterocycles. The molecule has 0 saturated heterocycles. The van der Waals surface area contributed by atoms with Gasteiger partial charge in [0.15, 0.2) is 0 Å². The molecule has 2 N–H and O–H groups in total. The summed E-state index contributed by atoms with van der Waals surface area (Å²) in [4.78, 5) is 24.7. The molecule has 2 rings (SSSR count). The van der Waals surface area contributed by atoms with Gasteiger partial charge in [-0.15, -0.1) is 0 Å². The largest absolute Gasteiger partial charge is 0.496 e. The molecule has 0 aromatic heterocycles. The first-order valence-corrected chi connectivity index (χ1v) is 11.5. The summed E-state index contributed by atoms with van der Waals surface area (Å²) in [6, 6.07) is 12.7. The molecule has 0 aliphatic heterocycles. The van der Waals surface area contributed by atoms with Crippen molar-refractivity contribution in [3.05, 3.63) is 59.7 Å². The van der Waals surface area contributed by atoms with Crippen molar-refractivity contribution < 1.29 is 22.7 Å². The van der Waals surface area contributed by atoms with Gasteiger partial charge in [0.05, 0.1) is 24.6 Å². The van der Waals surface area contributed by atoms with Crippen LogP contribution in [-0.4, -0.2) is 51.3 Å². The van der Waals surface area contributed by atoms with Gasteiger partial charge in [0, 0.05) is 24.2 Å². The van der Waals surface area contributed by atoms with Gasteiger partial charge in [-0.05, 0) is 37.3 Å². The highest BCUT2D eigenvalue weighted by Gasteiger charge is 2.22. The molecule has 0 aliphatic rings. The summed E-state index contributed by atoms with van der Waals surface area (Å²) in [5.41, 5.74) is 1.10. The highest BCUT2D eigenvalue weighted by molar-refractivity contribution is 7.89. The van der Waals surface area contributed by atoms with Crippen LogP contribution in [0.15, 0.2) is 53.4 Å². The molecule has 2 aromatic rings. The lowest BCUT2D eigenvalue weighted by Crippen LogP contribution is -2.38. The Morgan fingerprint density at radius 2 is 1.65 bits per heavy atom. The number of nitrogens with zero attached hydrogens (tertiary/aromatic N) is 1. The number of methoxy groups -OCH3 is 1. The van der Waals surface area contributed by atoms with E-state index in [-0.39, 0.29) is 29.0 Å². The topological polar surface area (TPSA) is 105 Å². The van der Waals surface area contributed by atoms with Gasteiger partial charge in [-0.25, -0.2) is 8.42 Å². The Hall–Kier alpha value is -2.91. The average Bonchev–Trinajstić information content (AvgIpc) is 2.78. The zero-order chi connectivity index (χ0) is 23.0. The SMILES string of the molecule is CCN(CC)S(=O)(=O)c1ccc(C(=O)NCC(=O)N[C@H](C)c2ccccc2OC)cc1. The van der Waals surface area contributed by atoms with E-state index in [0.29, 0.717) is 18.8 Å². The van der Waals surface area contributed by atoms with Crippen molar-refractivity contribution in [1.82, 2.24) is 14.9 Å². The quantitative estimate of drug-likeness (QED) is 0.582. The van der Waals surface area contributed by atoms with Gasteiger partial charge in [0.2, 0.25) is 15.9 Å². The molecule has 0 radical (unpaired) electrons. The summed E-state index contributed by atoms with van der Waals surface area (Å²) in [7, 11) is -2.03. The van der Waals surface area contributed by atoms with Crippen LogP contribution in [0.5, 0.6) is 5.75 Å². The summed E-state index contributed by atoms with van der Waals surface area (Å²) in [6.45, 7) is 5.88. The van der Waals surface area contributed by atoms with Crippen LogP contribution in [0.3, 0.4) is 0 Å². The number of hydrogen-bond acceptors (Lipinski definition) is 5. The van der Waals surface area contributed by atoms with E-state index in [1.165, 1.54) is 28.6 Å². The number of sulfonamides is 1. The fraction of sp³-hybridized carbons (Fsp3) is 0.364. The number of hydrogen-bond donors (Lipinski definition) is 2. The van der Waals surface area contributed by atoms with Crippen LogP contribution in [0.25, 0.3) is 0 Å². The van der Waals surface area contributed by atoms with Crippen molar-refractivity contribution in [2.45, 2.75) is 31.7 Å². The van der Waals surface area contributed by atoms with Crippen molar-refractivity contribution in [3.8, 4) is 5.75 Å². The van der Waals surface area contributed by atoms with Crippen LogP contribution in [0.4, 0.5) is 0 Å². The van der Waals surface area contributed by atoms with E-state index >= 15 is 0 Å². The lowest BCUT2D eigenvalue weighted by atomic mass is 10.1. The maximum absolute atomic E-state index is 12.5. The average molecular weight is 448 g/mol. The van der Waals surface area contributed by atoms with E-state index in [2.05, 4.69) is 10.6 Å². The minimum absolute atomic E-state index is 0.121. The number of ether oxygens (including phenoxy) is 1. The Morgan fingerprint density at radius 3 is 2.23 bits per heavy atom. The summed E-state index contributed by atoms with van der Waals surface area (Å²) in [6.07, 6.45) is 0. The second kappa shape index (κ2) is 10.9. The molecule has 8 nitrogen and oxygen atoms in total.